The van der Waals surface area contributed by atoms with Gasteiger partial charge < -0.3 is 20.7 Å². The maximum atomic E-state index is 12.4. The van der Waals surface area contributed by atoms with Crippen LogP contribution in [0.5, 0.6) is 0 Å². The molecule has 0 radical (unpaired) electrons. The van der Waals surface area contributed by atoms with E-state index in [-0.39, 0.29) is 24.8 Å². The third-order valence-electron chi connectivity index (χ3n) is 3.20. The number of nitrogens with two attached hydrogens (primary N) is 1. The summed E-state index contributed by atoms with van der Waals surface area (Å²) in [4.78, 5) is 30.1. The second-order valence-electron chi connectivity index (χ2n) is 4.82. The number of rotatable bonds is 5. The summed E-state index contributed by atoms with van der Waals surface area (Å²) in [6.45, 7) is 3.68. The van der Waals surface area contributed by atoms with Crippen molar-refractivity contribution in [3.63, 3.8) is 0 Å². The normalized spacial score (nSPS) is 18.5. The van der Waals surface area contributed by atoms with Gasteiger partial charge in [0.15, 0.2) is 5.13 Å². The topological polar surface area (TPSA) is 97.5 Å². The van der Waals surface area contributed by atoms with E-state index in [0.29, 0.717) is 30.5 Å². The second-order valence-corrected chi connectivity index (χ2v) is 5.71. The van der Waals surface area contributed by atoms with E-state index >= 15 is 0 Å². The number of nitrogens with zero attached hydrogens (tertiary/aromatic N) is 2. The Balaban J connectivity index is 2.00. The third-order valence-corrected chi connectivity index (χ3v) is 3.93. The standard InChI is InChI=1S/C13H20N4O3S/c1-2-3-15-12(19)10-7-20-5-4-17(10)11(18)6-9-8-21-13(14)16-9/h8,10H,2-7H2,1H3,(H2,14,16)(H,15,19). The Morgan fingerprint density at radius 1 is 1.62 bits per heavy atom. The van der Waals surface area contributed by atoms with E-state index in [2.05, 4.69) is 10.3 Å². The number of amides is 2. The van der Waals surface area contributed by atoms with Crippen LogP contribution in [0.4, 0.5) is 5.13 Å². The van der Waals surface area contributed by atoms with Gasteiger partial charge in [-0.1, -0.05) is 6.92 Å². The fraction of sp³-hybridized carbons (Fsp3) is 0.615. The van der Waals surface area contributed by atoms with Gasteiger partial charge in [-0.15, -0.1) is 11.3 Å². The zero-order valence-corrected chi connectivity index (χ0v) is 12.8. The number of ether oxygens (including phenoxy) is 1. The molecule has 0 aliphatic carbocycles. The molecule has 8 heteroatoms. The molecule has 1 aliphatic rings. The van der Waals surface area contributed by atoms with Crippen molar-refractivity contribution in [3.05, 3.63) is 11.1 Å². The van der Waals surface area contributed by atoms with Gasteiger partial charge in [0.1, 0.15) is 6.04 Å². The fourth-order valence-electron chi connectivity index (χ4n) is 2.15. The van der Waals surface area contributed by atoms with E-state index in [1.54, 1.807) is 10.3 Å². The van der Waals surface area contributed by atoms with Gasteiger partial charge in [-0.2, -0.15) is 0 Å². The molecule has 1 aliphatic heterocycles. The summed E-state index contributed by atoms with van der Waals surface area (Å²) in [6, 6.07) is -0.561. The molecule has 0 aromatic carbocycles. The first-order chi connectivity index (χ1) is 10.1. The Labute approximate surface area is 127 Å². The van der Waals surface area contributed by atoms with Crippen molar-refractivity contribution in [3.8, 4) is 0 Å². The highest BCUT2D eigenvalue weighted by Gasteiger charge is 2.32. The Hall–Kier alpha value is -1.67. The lowest BCUT2D eigenvalue weighted by molar-refractivity contribution is -0.148. The van der Waals surface area contributed by atoms with Crippen LogP contribution in [0, 0.1) is 0 Å². The van der Waals surface area contributed by atoms with Crippen molar-refractivity contribution in [1.29, 1.82) is 0 Å². The predicted octanol–water partition coefficient (Wildman–Crippen LogP) is 0.0214. The molecule has 1 aromatic heterocycles. The molecule has 1 saturated heterocycles. The van der Waals surface area contributed by atoms with Crippen LogP contribution in [-0.2, 0) is 20.7 Å². The van der Waals surface area contributed by atoms with Gasteiger partial charge in [-0.25, -0.2) is 4.98 Å². The lowest BCUT2D eigenvalue weighted by atomic mass is 10.1. The molecule has 1 unspecified atom stereocenters. The van der Waals surface area contributed by atoms with Crippen molar-refractivity contribution in [2.75, 3.05) is 32.0 Å². The first-order valence-corrected chi connectivity index (χ1v) is 7.84. The Kier molecular flexibility index (Phi) is 5.51. The first kappa shape index (κ1) is 15.7. The molecule has 0 bridgehead atoms. The first-order valence-electron chi connectivity index (χ1n) is 6.96. The molecule has 7 nitrogen and oxygen atoms in total. The largest absolute Gasteiger partial charge is 0.377 e. The number of thiazole rings is 1. The Bertz CT molecular complexity index is 505. The smallest absolute Gasteiger partial charge is 0.245 e. The average molecular weight is 312 g/mol. The highest BCUT2D eigenvalue weighted by atomic mass is 32.1. The van der Waals surface area contributed by atoms with Gasteiger partial charge in [0.2, 0.25) is 11.8 Å². The van der Waals surface area contributed by atoms with Crippen LogP contribution in [0.2, 0.25) is 0 Å². The SMILES string of the molecule is CCCNC(=O)C1COCCN1C(=O)Cc1csc(N)n1. The highest BCUT2D eigenvalue weighted by molar-refractivity contribution is 7.13. The Morgan fingerprint density at radius 2 is 2.43 bits per heavy atom. The van der Waals surface area contributed by atoms with Gasteiger partial charge >= 0.3 is 0 Å². The maximum Gasteiger partial charge on any atom is 0.245 e. The zero-order chi connectivity index (χ0) is 15.2. The summed E-state index contributed by atoms with van der Waals surface area (Å²) >= 11 is 1.30. The second kappa shape index (κ2) is 7.37. The van der Waals surface area contributed by atoms with Crippen LogP contribution in [-0.4, -0.2) is 54.0 Å². The number of morpholine rings is 1. The lowest BCUT2D eigenvalue weighted by Crippen LogP contribution is -2.56. The number of carbonyl (C=O) groups excluding carboxylic acids is 2. The minimum absolute atomic E-state index is 0.125. The summed E-state index contributed by atoms with van der Waals surface area (Å²) in [5.41, 5.74) is 6.20. The minimum Gasteiger partial charge on any atom is -0.377 e. The molecule has 3 N–H and O–H groups in total. The molecule has 0 spiro atoms. The van der Waals surface area contributed by atoms with Crippen LogP contribution in [0.3, 0.4) is 0 Å². The summed E-state index contributed by atoms with van der Waals surface area (Å²) in [5.74, 6) is -0.289. The summed E-state index contributed by atoms with van der Waals surface area (Å²) < 4.78 is 5.33. The Morgan fingerprint density at radius 3 is 3.10 bits per heavy atom. The number of aromatic nitrogens is 1. The molecule has 1 fully saturated rings. The van der Waals surface area contributed by atoms with E-state index in [0.717, 1.165) is 6.42 Å². The summed E-state index contributed by atoms with van der Waals surface area (Å²) in [6.07, 6.45) is 1.01. The molecule has 1 atom stereocenters. The van der Waals surface area contributed by atoms with Crippen LogP contribution in [0.15, 0.2) is 5.38 Å². The van der Waals surface area contributed by atoms with Gasteiger partial charge in [0.25, 0.3) is 0 Å². The van der Waals surface area contributed by atoms with Crippen molar-refractivity contribution >= 4 is 28.3 Å². The van der Waals surface area contributed by atoms with E-state index in [9.17, 15) is 9.59 Å². The maximum absolute atomic E-state index is 12.4. The van der Waals surface area contributed by atoms with E-state index in [1.165, 1.54) is 11.3 Å². The number of anilines is 1. The van der Waals surface area contributed by atoms with E-state index in [4.69, 9.17) is 10.5 Å². The molecule has 2 rings (SSSR count). The lowest BCUT2D eigenvalue weighted by Gasteiger charge is -2.34. The van der Waals surface area contributed by atoms with Crippen LogP contribution >= 0.6 is 11.3 Å². The van der Waals surface area contributed by atoms with Crippen molar-refractivity contribution in [1.82, 2.24) is 15.2 Å². The van der Waals surface area contributed by atoms with E-state index < -0.39 is 6.04 Å². The summed E-state index contributed by atoms with van der Waals surface area (Å²) in [5, 5.41) is 5.01. The number of nitrogen functional groups attached to an aromatic ring is 1. The molecule has 2 heterocycles. The van der Waals surface area contributed by atoms with Gasteiger partial charge in [-0.3, -0.25) is 9.59 Å². The number of hydrogen-bond donors (Lipinski definition) is 2. The van der Waals surface area contributed by atoms with Crippen molar-refractivity contribution in [2.24, 2.45) is 0 Å². The number of nitrogens with one attached hydrogen (secondary N) is 1. The molecule has 2 amide bonds. The number of carbonyl (C=O) groups is 2. The average Bonchev–Trinajstić information content (AvgIpc) is 2.89. The number of hydrogen-bond acceptors (Lipinski definition) is 6. The minimum atomic E-state index is -0.561. The molecular formula is C13H20N4O3S. The molecule has 0 saturated carbocycles. The molecule has 1 aromatic rings. The van der Waals surface area contributed by atoms with Crippen LogP contribution in [0.1, 0.15) is 19.0 Å². The monoisotopic (exact) mass is 312 g/mol. The van der Waals surface area contributed by atoms with Gasteiger partial charge in [0, 0.05) is 18.5 Å². The predicted molar refractivity (Wildman–Crippen MR) is 79.9 cm³/mol. The van der Waals surface area contributed by atoms with Crippen LogP contribution < -0.4 is 11.1 Å². The van der Waals surface area contributed by atoms with E-state index in [1.807, 2.05) is 6.92 Å². The summed E-state index contributed by atoms with van der Waals surface area (Å²) in [7, 11) is 0. The molecular weight excluding hydrogens is 292 g/mol. The van der Waals surface area contributed by atoms with Crippen molar-refractivity contribution in [2.45, 2.75) is 25.8 Å². The molecule has 21 heavy (non-hydrogen) atoms. The van der Waals surface area contributed by atoms with Crippen LogP contribution in [0.25, 0.3) is 0 Å². The van der Waals surface area contributed by atoms with Crippen molar-refractivity contribution < 1.29 is 14.3 Å². The third kappa shape index (κ3) is 4.15. The van der Waals surface area contributed by atoms with Gasteiger partial charge in [0.05, 0.1) is 25.3 Å². The zero-order valence-electron chi connectivity index (χ0n) is 12.0. The van der Waals surface area contributed by atoms with Gasteiger partial charge in [-0.05, 0) is 6.42 Å². The highest BCUT2D eigenvalue weighted by Crippen LogP contribution is 2.14. The quantitative estimate of drug-likeness (QED) is 0.799. The molecule has 116 valence electrons. The fourth-order valence-corrected chi connectivity index (χ4v) is 2.71.